The molecular formula is C13H13NO3. The molecule has 0 aliphatic heterocycles. The molecule has 1 N–H and O–H groups in total. The van der Waals surface area contributed by atoms with Gasteiger partial charge < -0.3 is 9.52 Å². The molecule has 0 spiro atoms. The minimum Gasteiger partial charge on any atom is -0.478 e. The minimum absolute atomic E-state index is 0.0629. The Bertz CT molecular complexity index is 530. The summed E-state index contributed by atoms with van der Waals surface area (Å²) in [6, 6.07) is 5.08. The molecule has 0 amide bonds. The van der Waals surface area contributed by atoms with E-state index in [-0.39, 0.29) is 11.5 Å². The summed E-state index contributed by atoms with van der Waals surface area (Å²) in [5.41, 5.74) is 2.43. The van der Waals surface area contributed by atoms with E-state index in [4.69, 9.17) is 9.52 Å². The predicted octanol–water partition coefficient (Wildman–Crippen LogP) is 3.16. The molecule has 0 saturated heterocycles. The van der Waals surface area contributed by atoms with Crippen molar-refractivity contribution in [3.63, 3.8) is 0 Å². The van der Waals surface area contributed by atoms with E-state index in [0.717, 1.165) is 11.3 Å². The van der Waals surface area contributed by atoms with Crippen molar-refractivity contribution in [3.05, 3.63) is 42.0 Å². The van der Waals surface area contributed by atoms with Gasteiger partial charge in [-0.15, -0.1) is 0 Å². The van der Waals surface area contributed by atoms with E-state index in [1.807, 2.05) is 13.8 Å². The first-order valence-corrected chi connectivity index (χ1v) is 5.36. The van der Waals surface area contributed by atoms with E-state index >= 15 is 0 Å². The van der Waals surface area contributed by atoms with Crippen molar-refractivity contribution < 1.29 is 14.3 Å². The van der Waals surface area contributed by atoms with Crippen LogP contribution in [0.5, 0.6) is 0 Å². The second-order valence-electron chi connectivity index (χ2n) is 4.10. The Morgan fingerprint density at radius 2 is 2.12 bits per heavy atom. The Kier molecular flexibility index (Phi) is 2.95. The molecule has 2 aromatic heterocycles. The molecule has 4 nitrogen and oxygen atoms in total. The zero-order valence-corrected chi connectivity index (χ0v) is 9.68. The number of aromatic nitrogens is 1. The van der Waals surface area contributed by atoms with E-state index in [0.29, 0.717) is 5.69 Å². The highest BCUT2D eigenvalue weighted by molar-refractivity contribution is 5.89. The van der Waals surface area contributed by atoms with Gasteiger partial charge in [-0.25, -0.2) is 4.79 Å². The molecule has 0 radical (unpaired) electrons. The summed E-state index contributed by atoms with van der Waals surface area (Å²) >= 11 is 0. The molecule has 0 aliphatic rings. The maximum Gasteiger partial charge on any atom is 0.337 e. The average molecular weight is 231 g/mol. The number of hydrogen-bond donors (Lipinski definition) is 1. The van der Waals surface area contributed by atoms with Gasteiger partial charge in [-0.2, -0.15) is 0 Å². The molecule has 2 aromatic rings. The van der Waals surface area contributed by atoms with Crippen LogP contribution in [-0.2, 0) is 0 Å². The van der Waals surface area contributed by atoms with Crippen molar-refractivity contribution in [2.45, 2.75) is 19.8 Å². The van der Waals surface area contributed by atoms with Crippen LogP contribution < -0.4 is 0 Å². The summed E-state index contributed by atoms with van der Waals surface area (Å²) in [6.07, 6.45) is 3.16. The van der Waals surface area contributed by atoms with Crippen LogP contribution in [0, 0.1) is 0 Å². The molecule has 17 heavy (non-hydrogen) atoms. The lowest BCUT2D eigenvalue weighted by atomic mass is 10.0. The zero-order valence-electron chi connectivity index (χ0n) is 9.68. The van der Waals surface area contributed by atoms with Crippen molar-refractivity contribution in [1.29, 1.82) is 0 Å². The topological polar surface area (TPSA) is 63.3 Å². The molecule has 2 rings (SSSR count). The second kappa shape index (κ2) is 4.41. The van der Waals surface area contributed by atoms with Crippen LogP contribution in [-0.4, -0.2) is 16.1 Å². The highest BCUT2D eigenvalue weighted by atomic mass is 16.4. The van der Waals surface area contributed by atoms with Gasteiger partial charge in [0.25, 0.3) is 0 Å². The number of aromatic carboxylic acids is 1. The summed E-state index contributed by atoms with van der Waals surface area (Å²) < 4.78 is 4.99. The lowest BCUT2D eigenvalue weighted by molar-refractivity contribution is 0.0694. The van der Waals surface area contributed by atoms with E-state index in [1.165, 1.54) is 0 Å². The number of hydrogen-bond acceptors (Lipinski definition) is 3. The number of carbonyl (C=O) groups is 1. The van der Waals surface area contributed by atoms with Gasteiger partial charge in [0.1, 0.15) is 0 Å². The fourth-order valence-corrected chi connectivity index (χ4v) is 1.67. The minimum atomic E-state index is -0.944. The number of furan rings is 1. The molecule has 0 aromatic carbocycles. The summed E-state index contributed by atoms with van der Waals surface area (Å²) in [4.78, 5) is 15.5. The van der Waals surface area contributed by atoms with Crippen LogP contribution in [0.15, 0.2) is 35.1 Å². The van der Waals surface area contributed by atoms with Crippen molar-refractivity contribution in [1.82, 2.24) is 4.98 Å². The number of carboxylic acids is 1. The molecule has 2 heterocycles. The smallest absolute Gasteiger partial charge is 0.337 e. The van der Waals surface area contributed by atoms with Crippen molar-refractivity contribution in [2.24, 2.45) is 0 Å². The molecule has 0 saturated carbocycles. The van der Waals surface area contributed by atoms with E-state index in [1.54, 1.807) is 30.7 Å². The number of nitrogens with zero attached hydrogens (tertiary/aromatic N) is 1. The Morgan fingerprint density at radius 3 is 2.65 bits per heavy atom. The Balaban J connectivity index is 2.53. The molecule has 4 heteroatoms. The number of carboxylic acid groups (broad SMARTS) is 1. The highest BCUT2D eigenvalue weighted by Gasteiger charge is 2.15. The Morgan fingerprint density at radius 1 is 1.35 bits per heavy atom. The van der Waals surface area contributed by atoms with Crippen molar-refractivity contribution >= 4 is 5.97 Å². The van der Waals surface area contributed by atoms with Crippen LogP contribution in [0.25, 0.3) is 11.3 Å². The van der Waals surface area contributed by atoms with E-state index in [9.17, 15) is 4.79 Å². The first kappa shape index (κ1) is 11.4. The van der Waals surface area contributed by atoms with E-state index < -0.39 is 5.97 Å². The third-order valence-electron chi connectivity index (χ3n) is 2.52. The maximum absolute atomic E-state index is 11.1. The van der Waals surface area contributed by atoms with Crippen LogP contribution in [0.4, 0.5) is 0 Å². The third kappa shape index (κ3) is 2.20. The summed E-state index contributed by atoms with van der Waals surface area (Å²) in [5.74, 6) is -0.882. The average Bonchev–Trinajstić information content (AvgIpc) is 2.81. The fraction of sp³-hybridized carbons (Fsp3) is 0.231. The third-order valence-corrected chi connectivity index (χ3v) is 2.52. The number of pyridine rings is 1. The molecule has 0 atom stereocenters. The van der Waals surface area contributed by atoms with Gasteiger partial charge in [0.15, 0.2) is 0 Å². The SMILES string of the molecule is CC(C)c1nc(-c2ccoc2)ccc1C(=O)O. The standard InChI is InChI=1S/C13H13NO3/c1-8(2)12-10(13(15)16)3-4-11(14-12)9-5-6-17-7-9/h3-8H,1-2H3,(H,15,16). The van der Waals surface area contributed by atoms with Crippen LogP contribution in [0.1, 0.15) is 35.8 Å². The first-order valence-electron chi connectivity index (χ1n) is 5.36. The fourth-order valence-electron chi connectivity index (χ4n) is 1.67. The lowest BCUT2D eigenvalue weighted by Crippen LogP contribution is -2.07. The lowest BCUT2D eigenvalue weighted by Gasteiger charge is -2.10. The van der Waals surface area contributed by atoms with E-state index in [2.05, 4.69) is 4.98 Å². The quantitative estimate of drug-likeness (QED) is 0.881. The highest BCUT2D eigenvalue weighted by Crippen LogP contribution is 2.23. The van der Waals surface area contributed by atoms with Crippen LogP contribution >= 0.6 is 0 Å². The van der Waals surface area contributed by atoms with Gasteiger partial charge >= 0.3 is 5.97 Å². The van der Waals surface area contributed by atoms with Gasteiger partial charge in [0, 0.05) is 5.56 Å². The van der Waals surface area contributed by atoms with Crippen LogP contribution in [0.2, 0.25) is 0 Å². The zero-order chi connectivity index (χ0) is 12.4. The maximum atomic E-state index is 11.1. The Hall–Kier alpha value is -2.10. The van der Waals surface area contributed by atoms with Gasteiger partial charge in [0.2, 0.25) is 0 Å². The molecule has 0 fully saturated rings. The number of rotatable bonds is 3. The summed E-state index contributed by atoms with van der Waals surface area (Å²) in [7, 11) is 0. The molecule has 0 unspecified atom stereocenters. The molecule has 0 bridgehead atoms. The Labute approximate surface area is 98.9 Å². The van der Waals surface area contributed by atoms with Crippen LogP contribution in [0.3, 0.4) is 0 Å². The molecular weight excluding hydrogens is 218 g/mol. The predicted molar refractivity (Wildman–Crippen MR) is 63.0 cm³/mol. The second-order valence-corrected chi connectivity index (χ2v) is 4.10. The van der Waals surface area contributed by atoms with Crippen molar-refractivity contribution in [3.8, 4) is 11.3 Å². The largest absolute Gasteiger partial charge is 0.478 e. The molecule has 88 valence electrons. The van der Waals surface area contributed by atoms with Gasteiger partial charge in [-0.3, -0.25) is 4.98 Å². The first-order chi connectivity index (χ1) is 8.09. The van der Waals surface area contributed by atoms with Gasteiger partial charge in [-0.05, 0) is 24.1 Å². The van der Waals surface area contributed by atoms with Crippen molar-refractivity contribution in [2.75, 3.05) is 0 Å². The monoisotopic (exact) mass is 231 g/mol. The summed E-state index contributed by atoms with van der Waals surface area (Å²) in [5, 5.41) is 9.08. The molecule has 0 aliphatic carbocycles. The van der Waals surface area contributed by atoms with Gasteiger partial charge in [-0.1, -0.05) is 13.8 Å². The van der Waals surface area contributed by atoms with Gasteiger partial charge in [0.05, 0.1) is 29.5 Å². The normalized spacial score (nSPS) is 10.8. The summed E-state index contributed by atoms with van der Waals surface area (Å²) in [6.45, 7) is 3.85.